The minimum atomic E-state index is 0.0110. The zero-order chi connectivity index (χ0) is 18.5. The molecule has 3 rings (SSSR count). The lowest BCUT2D eigenvalue weighted by atomic mass is 10.1. The monoisotopic (exact) mass is 358 g/mol. The second kappa shape index (κ2) is 8.31. The lowest BCUT2D eigenvalue weighted by Crippen LogP contribution is -2.29. The van der Waals surface area contributed by atoms with E-state index in [-0.39, 0.29) is 11.8 Å². The van der Waals surface area contributed by atoms with Crippen molar-refractivity contribution in [3.63, 3.8) is 0 Å². The van der Waals surface area contributed by atoms with Crippen molar-refractivity contribution >= 4 is 5.91 Å². The van der Waals surface area contributed by atoms with Gasteiger partial charge < -0.3 is 18.9 Å². The molecule has 0 radical (unpaired) electrons. The van der Waals surface area contributed by atoms with Gasteiger partial charge in [-0.25, -0.2) is 9.97 Å². The zero-order valence-corrected chi connectivity index (χ0v) is 15.6. The van der Waals surface area contributed by atoms with Crippen molar-refractivity contribution in [2.75, 3.05) is 33.9 Å². The van der Waals surface area contributed by atoms with Crippen LogP contribution in [-0.2, 0) is 11.3 Å². The summed E-state index contributed by atoms with van der Waals surface area (Å²) in [5.41, 5.74) is 1.74. The molecule has 1 aliphatic rings. The number of pyridine rings is 1. The molecular formula is C19H26N4O3. The summed E-state index contributed by atoms with van der Waals surface area (Å²) in [6.45, 7) is 5.12. The summed E-state index contributed by atoms with van der Waals surface area (Å²) in [6.07, 6.45) is 5.37. The highest BCUT2D eigenvalue weighted by atomic mass is 16.5. The van der Waals surface area contributed by atoms with Gasteiger partial charge in [-0.05, 0) is 25.8 Å². The molecule has 1 amide bonds. The molecule has 1 aliphatic heterocycles. The molecule has 1 atom stereocenters. The summed E-state index contributed by atoms with van der Waals surface area (Å²) in [5, 5.41) is 0. The number of rotatable bonds is 7. The average Bonchev–Trinajstić information content (AvgIpc) is 3.29. The highest BCUT2D eigenvalue weighted by molar-refractivity contribution is 5.94. The Balaban J connectivity index is 1.67. The molecule has 1 saturated heterocycles. The molecular weight excluding hydrogens is 332 g/mol. The topological polar surface area (TPSA) is 69.5 Å². The smallest absolute Gasteiger partial charge is 0.255 e. The van der Waals surface area contributed by atoms with Gasteiger partial charge in [0.2, 0.25) is 5.88 Å². The second-order valence-electron chi connectivity index (χ2n) is 6.58. The van der Waals surface area contributed by atoms with Gasteiger partial charge in [0.25, 0.3) is 5.91 Å². The number of amides is 1. The van der Waals surface area contributed by atoms with E-state index in [2.05, 4.69) is 21.5 Å². The highest BCUT2D eigenvalue weighted by Crippen LogP contribution is 2.28. The minimum Gasteiger partial charge on any atom is -0.481 e. The van der Waals surface area contributed by atoms with Gasteiger partial charge in [0.15, 0.2) is 0 Å². The Morgan fingerprint density at radius 3 is 2.81 bits per heavy atom. The number of likely N-dealkylation sites (tertiary alicyclic amines) is 1. The van der Waals surface area contributed by atoms with Gasteiger partial charge >= 0.3 is 0 Å². The third-order valence-electron chi connectivity index (χ3n) is 4.85. The molecule has 2 aromatic heterocycles. The number of hydrogen-bond acceptors (Lipinski definition) is 5. The molecule has 2 aromatic rings. The average molecular weight is 358 g/mol. The number of methoxy groups -OCH3 is 2. The number of nitrogens with zero attached hydrogens (tertiary/aromatic N) is 4. The van der Waals surface area contributed by atoms with Gasteiger partial charge in [-0.2, -0.15) is 0 Å². The largest absolute Gasteiger partial charge is 0.481 e. The fourth-order valence-electron chi connectivity index (χ4n) is 3.43. The quantitative estimate of drug-likeness (QED) is 0.710. The van der Waals surface area contributed by atoms with Crippen LogP contribution in [0.3, 0.4) is 0 Å². The van der Waals surface area contributed by atoms with Crippen LogP contribution in [0.4, 0.5) is 0 Å². The van der Waals surface area contributed by atoms with Gasteiger partial charge in [-0.1, -0.05) is 0 Å². The summed E-state index contributed by atoms with van der Waals surface area (Å²) < 4.78 is 12.5. The van der Waals surface area contributed by atoms with Crippen LogP contribution in [0.25, 0.3) is 0 Å². The molecule has 140 valence electrons. The predicted octanol–water partition coefficient (Wildman–Crippen LogP) is 2.26. The molecule has 0 bridgehead atoms. The third-order valence-corrected chi connectivity index (χ3v) is 4.85. The van der Waals surface area contributed by atoms with Gasteiger partial charge in [0.05, 0.1) is 12.7 Å². The van der Waals surface area contributed by atoms with E-state index >= 15 is 0 Å². The lowest BCUT2D eigenvalue weighted by molar-refractivity contribution is 0.0790. The van der Waals surface area contributed by atoms with E-state index in [1.54, 1.807) is 32.5 Å². The molecule has 1 fully saturated rings. The van der Waals surface area contributed by atoms with Crippen molar-refractivity contribution in [2.24, 2.45) is 0 Å². The fourth-order valence-corrected chi connectivity index (χ4v) is 3.43. The summed E-state index contributed by atoms with van der Waals surface area (Å²) in [4.78, 5) is 23.4. The molecule has 1 unspecified atom stereocenters. The number of ether oxygens (including phenoxy) is 2. The standard InChI is InChI=1S/C19H26N4O3/c1-14-11-21-18(23(14)8-4-10-25-2)16-7-9-22(13-16)19(24)15-5-6-17(26-3)20-12-15/h5-6,11-12,16H,4,7-10,13H2,1-3H3. The minimum absolute atomic E-state index is 0.0110. The molecule has 7 heteroatoms. The maximum atomic E-state index is 12.7. The van der Waals surface area contributed by atoms with Crippen LogP contribution in [0, 0.1) is 6.92 Å². The molecule has 26 heavy (non-hydrogen) atoms. The molecule has 0 N–H and O–H groups in total. The van der Waals surface area contributed by atoms with Crippen LogP contribution in [0.2, 0.25) is 0 Å². The van der Waals surface area contributed by atoms with E-state index in [0.717, 1.165) is 44.1 Å². The molecule has 0 aliphatic carbocycles. The van der Waals surface area contributed by atoms with Gasteiger partial charge in [-0.3, -0.25) is 4.79 Å². The van der Waals surface area contributed by atoms with Crippen LogP contribution in [0.15, 0.2) is 24.5 Å². The maximum Gasteiger partial charge on any atom is 0.255 e. The van der Waals surface area contributed by atoms with E-state index in [0.29, 0.717) is 18.0 Å². The Labute approximate surface area is 154 Å². The summed E-state index contributed by atoms with van der Waals surface area (Å²) in [6, 6.07) is 3.48. The first-order valence-corrected chi connectivity index (χ1v) is 8.94. The van der Waals surface area contributed by atoms with Crippen molar-refractivity contribution < 1.29 is 14.3 Å². The maximum absolute atomic E-state index is 12.7. The Morgan fingerprint density at radius 1 is 1.27 bits per heavy atom. The second-order valence-corrected chi connectivity index (χ2v) is 6.58. The summed E-state index contributed by atoms with van der Waals surface area (Å²) >= 11 is 0. The van der Waals surface area contributed by atoms with Crippen molar-refractivity contribution in [3.8, 4) is 5.88 Å². The van der Waals surface area contributed by atoms with Gasteiger partial charge in [0.1, 0.15) is 5.82 Å². The van der Waals surface area contributed by atoms with E-state index in [9.17, 15) is 4.79 Å². The first-order valence-electron chi connectivity index (χ1n) is 8.94. The van der Waals surface area contributed by atoms with Crippen LogP contribution in [0.1, 0.15) is 40.6 Å². The van der Waals surface area contributed by atoms with E-state index < -0.39 is 0 Å². The van der Waals surface area contributed by atoms with Crippen LogP contribution in [-0.4, -0.2) is 59.3 Å². The van der Waals surface area contributed by atoms with E-state index in [1.165, 1.54) is 0 Å². The normalized spacial score (nSPS) is 16.9. The molecule has 3 heterocycles. The van der Waals surface area contributed by atoms with E-state index in [1.807, 2.05) is 11.1 Å². The number of aromatic nitrogens is 3. The third kappa shape index (κ3) is 3.88. The SMILES string of the molecule is COCCCn1c(C)cnc1C1CCN(C(=O)c2ccc(OC)nc2)C1. The number of aryl methyl sites for hydroxylation is 1. The Hall–Kier alpha value is -2.41. The van der Waals surface area contributed by atoms with Gasteiger partial charge in [0, 0.05) is 63.4 Å². The molecule has 0 aromatic carbocycles. The number of imidazole rings is 1. The summed E-state index contributed by atoms with van der Waals surface area (Å²) in [7, 11) is 3.28. The van der Waals surface area contributed by atoms with Crippen molar-refractivity contribution in [2.45, 2.75) is 32.2 Å². The Bertz CT molecular complexity index is 742. The van der Waals surface area contributed by atoms with Crippen LogP contribution < -0.4 is 4.74 Å². The van der Waals surface area contributed by atoms with Gasteiger partial charge in [-0.15, -0.1) is 0 Å². The number of carbonyl (C=O) groups is 1. The Morgan fingerprint density at radius 2 is 2.12 bits per heavy atom. The van der Waals surface area contributed by atoms with E-state index in [4.69, 9.17) is 9.47 Å². The predicted molar refractivity (Wildman–Crippen MR) is 97.5 cm³/mol. The lowest BCUT2D eigenvalue weighted by Gasteiger charge is -2.17. The first kappa shape index (κ1) is 18.4. The fraction of sp³-hybridized carbons (Fsp3) is 0.526. The van der Waals surface area contributed by atoms with Crippen molar-refractivity contribution in [3.05, 3.63) is 41.6 Å². The highest BCUT2D eigenvalue weighted by Gasteiger charge is 2.31. The van der Waals surface area contributed by atoms with Crippen molar-refractivity contribution in [1.29, 1.82) is 0 Å². The molecule has 0 spiro atoms. The molecule has 0 saturated carbocycles. The Kier molecular flexibility index (Phi) is 5.88. The van der Waals surface area contributed by atoms with Crippen LogP contribution in [0.5, 0.6) is 5.88 Å². The van der Waals surface area contributed by atoms with Crippen molar-refractivity contribution in [1.82, 2.24) is 19.4 Å². The summed E-state index contributed by atoms with van der Waals surface area (Å²) in [5.74, 6) is 1.86. The first-order chi connectivity index (χ1) is 12.6. The zero-order valence-electron chi connectivity index (χ0n) is 15.6. The number of hydrogen-bond donors (Lipinski definition) is 0. The molecule has 7 nitrogen and oxygen atoms in total. The van der Waals surface area contributed by atoms with Crippen LogP contribution >= 0.6 is 0 Å². The number of carbonyl (C=O) groups excluding carboxylic acids is 1.